The van der Waals surface area contributed by atoms with Gasteiger partial charge < -0.3 is 33.2 Å². The van der Waals surface area contributed by atoms with Crippen molar-refractivity contribution >= 4 is 22.5 Å². The van der Waals surface area contributed by atoms with Crippen molar-refractivity contribution in [3.63, 3.8) is 0 Å². The smallest absolute Gasteiger partial charge is 0.305 e. The molecule has 3 aliphatic heterocycles. The molecule has 0 N–H and O–H groups in total. The molecule has 4 aromatic rings. The van der Waals surface area contributed by atoms with Gasteiger partial charge in [-0.2, -0.15) is 0 Å². The number of fused-ring (bicyclic) bond motifs is 2. The molecule has 0 bridgehead atoms. The molecule has 2 fully saturated rings. The van der Waals surface area contributed by atoms with Crippen molar-refractivity contribution in [3.8, 4) is 0 Å². The van der Waals surface area contributed by atoms with Crippen LogP contribution in [-0.2, 0) is 56.0 Å². The van der Waals surface area contributed by atoms with E-state index >= 15 is 0 Å². The van der Waals surface area contributed by atoms with Crippen LogP contribution in [-0.4, -0.2) is 60.3 Å². The number of hydrogen-bond donors (Lipinski definition) is 0. The van der Waals surface area contributed by atoms with Crippen LogP contribution in [0.1, 0.15) is 56.6 Å². The highest BCUT2D eigenvalue weighted by molar-refractivity contribution is 5.94. The Hall–Kier alpha value is -4.22. The van der Waals surface area contributed by atoms with E-state index < -0.39 is 47.6 Å². The molecule has 9 heteroatoms. The number of carbonyl (C=O) groups is 2. The average Bonchev–Trinajstić information content (AvgIpc) is 3.14. The van der Waals surface area contributed by atoms with Gasteiger partial charge in [-0.15, -0.1) is 0 Å². The fraction of sp³-hybridized carbons (Fsp3) is 0.381. The fourth-order valence-electron chi connectivity index (χ4n) is 7.29. The number of hydrogen-bond acceptors (Lipinski definition) is 9. The van der Waals surface area contributed by atoms with Crippen LogP contribution in [0.3, 0.4) is 0 Å². The van der Waals surface area contributed by atoms with Crippen LogP contribution in [0.4, 0.5) is 0 Å². The Kier molecular flexibility index (Phi) is 10.2. The lowest BCUT2D eigenvalue weighted by Gasteiger charge is -2.59. The number of carbonyl (C=O) groups excluding carboxylic acids is 2. The number of benzene rings is 4. The third kappa shape index (κ3) is 7.42. The average molecular weight is 693 g/mol. The van der Waals surface area contributed by atoms with Gasteiger partial charge in [-0.1, -0.05) is 97.1 Å². The molecule has 0 amide bonds. The quantitative estimate of drug-likeness (QED) is 0.120. The van der Waals surface area contributed by atoms with Crippen molar-refractivity contribution in [2.24, 2.45) is 0 Å². The molecule has 0 spiro atoms. The lowest BCUT2D eigenvalue weighted by molar-refractivity contribution is -0.409. The summed E-state index contributed by atoms with van der Waals surface area (Å²) < 4.78 is 45.3. The van der Waals surface area contributed by atoms with Crippen molar-refractivity contribution < 1.29 is 42.7 Å². The molecule has 0 radical (unpaired) electrons. The summed E-state index contributed by atoms with van der Waals surface area (Å²) in [5.74, 6) is -2.68. The summed E-state index contributed by atoms with van der Waals surface area (Å²) in [5.41, 5.74) is 0.444. The number of ketones is 1. The molecule has 7 atom stereocenters. The van der Waals surface area contributed by atoms with Gasteiger partial charge in [0.05, 0.1) is 32.0 Å². The van der Waals surface area contributed by atoms with Gasteiger partial charge in [0, 0.05) is 31.9 Å². The van der Waals surface area contributed by atoms with Gasteiger partial charge in [0.2, 0.25) is 0 Å². The molecule has 3 aliphatic rings. The summed E-state index contributed by atoms with van der Waals surface area (Å²) >= 11 is 0. The molecule has 0 saturated carbocycles. The lowest BCUT2D eigenvalue weighted by Crippen LogP contribution is -2.74. The summed E-state index contributed by atoms with van der Waals surface area (Å²) in [6.07, 6.45) is 0.792. The van der Waals surface area contributed by atoms with E-state index in [1.165, 1.54) is 19.1 Å². The van der Waals surface area contributed by atoms with Gasteiger partial charge >= 0.3 is 5.97 Å². The van der Waals surface area contributed by atoms with E-state index in [0.717, 1.165) is 27.5 Å². The minimum Gasteiger partial charge on any atom is -0.426 e. The van der Waals surface area contributed by atoms with E-state index in [4.69, 9.17) is 33.2 Å². The molecule has 266 valence electrons. The van der Waals surface area contributed by atoms with E-state index in [2.05, 4.69) is 24.3 Å². The minimum absolute atomic E-state index is 0.194. The van der Waals surface area contributed by atoms with Gasteiger partial charge in [-0.05, 0) is 54.0 Å². The van der Waals surface area contributed by atoms with Crippen LogP contribution in [0, 0.1) is 0 Å². The van der Waals surface area contributed by atoms with Crippen LogP contribution in [0.15, 0.2) is 115 Å². The third-order valence-corrected chi connectivity index (χ3v) is 10.0. The normalized spacial score (nSPS) is 30.5. The van der Waals surface area contributed by atoms with Gasteiger partial charge in [-0.3, -0.25) is 9.59 Å². The Balaban J connectivity index is 1.18. The zero-order chi connectivity index (χ0) is 35.5. The molecule has 0 aliphatic carbocycles. The third-order valence-electron chi connectivity index (χ3n) is 10.0. The topological polar surface area (TPSA) is 98.8 Å². The number of esters is 1. The second-order valence-electron chi connectivity index (χ2n) is 13.8. The highest BCUT2D eigenvalue weighted by atomic mass is 16.8. The van der Waals surface area contributed by atoms with Gasteiger partial charge in [0.1, 0.15) is 11.7 Å². The first-order valence-corrected chi connectivity index (χ1v) is 17.5. The summed E-state index contributed by atoms with van der Waals surface area (Å²) in [6.45, 7) is 6.12. The predicted octanol–water partition coefficient (Wildman–Crippen LogP) is 7.17. The van der Waals surface area contributed by atoms with Crippen molar-refractivity contribution in [1.29, 1.82) is 0 Å². The SMILES string of the molecule is CC(=O)O[C@]1([C@]2(C)O[C@@]3(C)CO[C@@H](c4ccccc4)O[C@H]3C[C@H]2OCc2ccc3ccccc3c2)C=CC(=O)[C@H](CCOCc2ccccc2)O1. The number of rotatable bonds is 11. The summed E-state index contributed by atoms with van der Waals surface area (Å²) in [6, 6.07) is 33.9. The minimum atomic E-state index is -1.82. The summed E-state index contributed by atoms with van der Waals surface area (Å²) in [4.78, 5) is 26.1. The Labute approximate surface area is 298 Å². The van der Waals surface area contributed by atoms with Crippen LogP contribution in [0.2, 0.25) is 0 Å². The first-order chi connectivity index (χ1) is 24.7. The van der Waals surface area contributed by atoms with Crippen LogP contribution in [0.5, 0.6) is 0 Å². The first-order valence-electron chi connectivity index (χ1n) is 17.5. The van der Waals surface area contributed by atoms with E-state index in [0.29, 0.717) is 13.0 Å². The van der Waals surface area contributed by atoms with Crippen molar-refractivity contribution in [2.75, 3.05) is 13.2 Å². The van der Waals surface area contributed by atoms with E-state index in [-0.39, 0.29) is 32.0 Å². The Morgan fingerprint density at radius 1 is 0.863 bits per heavy atom. The standard InChI is InChI=1S/C42H44O9/c1-29(43)49-42(22-20-35(44)36(50-42)21-23-45-26-30-12-6-4-7-13-30)41(3)38(46-27-31-18-19-32-14-10-11-17-34(32)24-31)25-37-40(2,51-41)28-47-39(48-37)33-15-8-5-9-16-33/h4-20,22,24,36-39H,21,23,25-28H2,1-3H3/t36-,37-,38+,39+,40-,41+,42+/m0/s1. The summed E-state index contributed by atoms with van der Waals surface area (Å²) in [5, 5.41) is 2.22. The van der Waals surface area contributed by atoms with Crippen LogP contribution in [0.25, 0.3) is 10.8 Å². The molecule has 4 aromatic carbocycles. The molecule has 0 aromatic heterocycles. The molecular weight excluding hydrogens is 648 g/mol. The highest BCUT2D eigenvalue weighted by Gasteiger charge is 2.67. The largest absolute Gasteiger partial charge is 0.426 e. The lowest BCUT2D eigenvalue weighted by atomic mass is 9.76. The predicted molar refractivity (Wildman–Crippen MR) is 189 cm³/mol. The molecule has 9 nitrogen and oxygen atoms in total. The van der Waals surface area contributed by atoms with Crippen molar-refractivity contribution in [3.05, 3.63) is 132 Å². The van der Waals surface area contributed by atoms with Gasteiger partial charge in [0.25, 0.3) is 5.79 Å². The molecule has 2 saturated heterocycles. The maximum Gasteiger partial charge on any atom is 0.305 e. The second kappa shape index (κ2) is 14.8. The summed E-state index contributed by atoms with van der Waals surface area (Å²) in [7, 11) is 0. The van der Waals surface area contributed by atoms with Crippen molar-refractivity contribution in [2.45, 2.75) is 88.4 Å². The maximum absolute atomic E-state index is 13.3. The molecule has 0 unspecified atom stereocenters. The Morgan fingerprint density at radius 3 is 2.35 bits per heavy atom. The molecule has 7 rings (SSSR count). The number of ether oxygens (including phenoxy) is 7. The highest BCUT2D eigenvalue weighted by Crippen LogP contribution is 2.51. The Bertz CT molecular complexity index is 1860. The zero-order valence-electron chi connectivity index (χ0n) is 29.2. The maximum atomic E-state index is 13.3. The first kappa shape index (κ1) is 35.2. The van der Waals surface area contributed by atoms with E-state index in [1.54, 1.807) is 0 Å². The van der Waals surface area contributed by atoms with Gasteiger partial charge in [-0.25, -0.2) is 0 Å². The monoisotopic (exact) mass is 692 g/mol. The molecule has 3 heterocycles. The fourth-order valence-corrected chi connectivity index (χ4v) is 7.29. The van der Waals surface area contributed by atoms with E-state index in [9.17, 15) is 9.59 Å². The van der Waals surface area contributed by atoms with Crippen LogP contribution < -0.4 is 0 Å². The van der Waals surface area contributed by atoms with E-state index in [1.807, 2.05) is 92.7 Å². The van der Waals surface area contributed by atoms with Gasteiger partial charge in [0.15, 0.2) is 17.7 Å². The Morgan fingerprint density at radius 2 is 1.59 bits per heavy atom. The molecule has 51 heavy (non-hydrogen) atoms. The zero-order valence-corrected chi connectivity index (χ0v) is 29.2. The second-order valence-corrected chi connectivity index (χ2v) is 13.8. The van der Waals surface area contributed by atoms with Crippen molar-refractivity contribution in [1.82, 2.24) is 0 Å². The van der Waals surface area contributed by atoms with Crippen LogP contribution >= 0.6 is 0 Å². The molecular formula is C42H44O9.